The number of sulfonamides is 1. The van der Waals surface area contributed by atoms with Crippen LogP contribution in [0.1, 0.15) is 64.4 Å². The molecular weight excluding hydrogens is 538 g/mol. The quantitative estimate of drug-likeness (QED) is 0.355. The molecule has 0 bridgehead atoms. The van der Waals surface area contributed by atoms with Crippen LogP contribution in [0, 0.1) is 0 Å². The zero-order valence-electron chi connectivity index (χ0n) is 23.1. The van der Waals surface area contributed by atoms with E-state index in [1.165, 1.54) is 10.7 Å². The Labute approximate surface area is 237 Å². The molecule has 10 heteroatoms. The third-order valence-electron chi connectivity index (χ3n) is 6.95. The second-order valence-electron chi connectivity index (χ2n) is 10.0. The Morgan fingerprint density at radius 2 is 1.82 bits per heavy atom. The summed E-state index contributed by atoms with van der Waals surface area (Å²) < 4.78 is 32.2. The highest BCUT2D eigenvalue weighted by Gasteiger charge is 2.29. The number of nitrogens with zero attached hydrogens (tertiary/aromatic N) is 2. The molecule has 3 rings (SSSR count). The second-order valence-corrected chi connectivity index (χ2v) is 12.4. The van der Waals surface area contributed by atoms with Crippen LogP contribution in [0.5, 0.6) is 5.75 Å². The second kappa shape index (κ2) is 14.6. The first kappa shape index (κ1) is 30.8. The molecule has 2 amide bonds. The Hall–Kier alpha value is -2.78. The van der Waals surface area contributed by atoms with Gasteiger partial charge < -0.3 is 15.0 Å². The number of nitrogens with one attached hydrogen (secondary N) is 1. The smallest absolute Gasteiger partial charge is 0.242 e. The van der Waals surface area contributed by atoms with Crippen LogP contribution < -0.4 is 14.4 Å². The number of carbonyl (C=O) groups is 2. The van der Waals surface area contributed by atoms with Crippen LogP contribution in [-0.4, -0.2) is 56.6 Å². The minimum atomic E-state index is -3.63. The molecule has 0 heterocycles. The van der Waals surface area contributed by atoms with Gasteiger partial charge in [-0.05, 0) is 62.9 Å². The molecule has 1 fully saturated rings. The number of ether oxygens (including phenoxy) is 1. The van der Waals surface area contributed by atoms with Crippen molar-refractivity contribution in [1.82, 2.24) is 10.2 Å². The minimum Gasteiger partial charge on any atom is -0.492 e. The molecule has 0 saturated heterocycles. The largest absolute Gasteiger partial charge is 0.492 e. The van der Waals surface area contributed by atoms with Crippen LogP contribution in [-0.2, 0) is 26.2 Å². The van der Waals surface area contributed by atoms with E-state index in [1.54, 1.807) is 48.2 Å². The van der Waals surface area contributed by atoms with E-state index in [0.29, 0.717) is 23.1 Å². The van der Waals surface area contributed by atoms with E-state index < -0.39 is 16.1 Å². The van der Waals surface area contributed by atoms with Crippen molar-refractivity contribution in [1.29, 1.82) is 0 Å². The maximum atomic E-state index is 13.5. The topological polar surface area (TPSA) is 96.0 Å². The van der Waals surface area contributed by atoms with Gasteiger partial charge in [0.05, 0.1) is 18.6 Å². The Morgan fingerprint density at radius 3 is 2.49 bits per heavy atom. The lowest BCUT2D eigenvalue weighted by Gasteiger charge is -2.31. The number of benzene rings is 2. The fourth-order valence-corrected chi connectivity index (χ4v) is 6.09. The van der Waals surface area contributed by atoms with E-state index >= 15 is 0 Å². The third kappa shape index (κ3) is 9.14. The summed E-state index contributed by atoms with van der Waals surface area (Å²) in [5.41, 5.74) is 1.25. The van der Waals surface area contributed by atoms with Crippen LogP contribution in [0.4, 0.5) is 5.69 Å². The molecule has 1 aliphatic rings. The first-order chi connectivity index (χ1) is 18.6. The molecule has 0 aliphatic heterocycles. The number of rotatable bonds is 13. The Morgan fingerprint density at radius 1 is 1.10 bits per heavy atom. The zero-order chi connectivity index (χ0) is 28.4. The van der Waals surface area contributed by atoms with Gasteiger partial charge in [0.1, 0.15) is 11.8 Å². The van der Waals surface area contributed by atoms with E-state index in [0.717, 1.165) is 37.5 Å². The standard InChI is InChI=1S/C29H40ClN3O5S/c1-4-38-27-17-9-8-16-26(27)33(39(3,36)37)19-11-18-28(34)32(21-23-12-10-13-24(30)20-23)22(2)29(35)31-25-14-6-5-7-15-25/h8-10,12-13,16-17,20,22,25H,4-7,11,14-15,18-19,21H2,1-3H3,(H,31,35)/t22-/m1/s1. The average molecular weight is 578 g/mol. The predicted molar refractivity (Wildman–Crippen MR) is 156 cm³/mol. The van der Waals surface area contributed by atoms with Crippen molar-refractivity contribution in [3.05, 3.63) is 59.1 Å². The van der Waals surface area contributed by atoms with Gasteiger partial charge in [-0.2, -0.15) is 0 Å². The Balaban J connectivity index is 1.74. The summed E-state index contributed by atoms with van der Waals surface area (Å²) in [5, 5.41) is 3.68. The number of carbonyl (C=O) groups excluding carboxylic acids is 2. The van der Waals surface area contributed by atoms with Crippen molar-refractivity contribution in [3.8, 4) is 5.75 Å². The van der Waals surface area contributed by atoms with Gasteiger partial charge in [0.15, 0.2) is 0 Å². The Kier molecular flexibility index (Phi) is 11.5. The van der Waals surface area contributed by atoms with Crippen molar-refractivity contribution in [2.75, 3.05) is 23.7 Å². The molecule has 1 atom stereocenters. The fourth-order valence-electron chi connectivity index (χ4n) is 4.91. The lowest BCUT2D eigenvalue weighted by molar-refractivity contribution is -0.141. The Bertz CT molecular complexity index is 1220. The van der Waals surface area contributed by atoms with E-state index in [4.69, 9.17) is 16.3 Å². The van der Waals surface area contributed by atoms with E-state index in [9.17, 15) is 18.0 Å². The van der Waals surface area contributed by atoms with Gasteiger partial charge in [-0.3, -0.25) is 13.9 Å². The number of amides is 2. The number of anilines is 1. The van der Waals surface area contributed by atoms with Crippen LogP contribution in [0.2, 0.25) is 5.02 Å². The molecule has 8 nitrogen and oxygen atoms in total. The molecule has 39 heavy (non-hydrogen) atoms. The van der Waals surface area contributed by atoms with E-state index in [-0.39, 0.29) is 43.8 Å². The van der Waals surface area contributed by atoms with Crippen molar-refractivity contribution >= 4 is 39.1 Å². The SMILES string of the molecule is CCOc1ccccc1N(CCCC(=O)N(Cc1cccc(Cl)c1)[C@H](C)C(=O)NC1CCCCC1)S(C)(=O)=O. The molecular formula is C29H40ClN3O5S. The average Bonchev–Trinajstić information content (AvgIpc) is 2.90. The third-order valence-corrected chi connectivity index (χ3v) is 8.36. The first-order valence-corrected chi connectivity index (χ1v) is 15.9. The van der Waals surface area contributed by atoms with Crippen LogP contribution in [0.15, 0.2) is 48.5 Å². The minimum absolute atomic E-state index is 0.0738. The van der Waals surface area contributed by atoms with Crippen LogP contribution >= 0.6 is 11.6 Å². The van der Waals surface area contributed by atoms with Gasteiger partial charge >= 0.3 is 0 Å². The van der Waals surface area contributed by atoms with Crippen molar-refractivity contribution in [3.63, 3.8) is 0 Å². The molecule has 0 unspecified atom stereocenters. The summed E-state index contributed by atoms with van der Waals surface area (Å²) in [6, 6.07) is 13.6. The van der Waals surface area contributed by atoms with Gasteiger partial charge in [-0.15, -0.1) is 0 Å². The highest BCUT2D eigenvalue weighted by atomic mass is 35.5. The molecule has 0 aromatic heterocycles. The van der Waals surface area contributed by atoms with Gasteiger partial charge in [0, 0.05) is 30.6 Å². The van der Waals surface area contributed by atoms with Crippen molar-refractivity contribution in [2.24, 2.45) is 0 Å². The molecule has 214 valence electrons. The lowest BCUT2D eigenvalue weighted by Crippen LogP contribution is -2.50. The number of para-hydroxylation sites is 2. The van der Waals surface area contributed by atoms with E-state index in [2.05, 4.69) is 5.32 Å². The highest BCUT2D eigenvalue weighted by Crippen LogP contribution is 2.30. The lowest BCUT2D eigenvalue weighted by atomic mass is 9.95. The summed E-state index contributed by atoms with van der Waals surface area (Å²) in [5.74, 6) is 0.0563. The van der Waals surface area contributed by atoms with Crippen molar-refractivity contribution < 1.29 is 22.7 Å². The number of hydrogen-bond donors (Lipinski definition) is 1. The summed E-state index contributed by atoms with van der Waals surface area (Å²) >= 11 is 6.18. The maximum Gasteiger partial charge on any atom is 0.242 e. The van der Waals surface area contributed by atoms with Crippen LogP contribution in [0.3, 0.4) is 0 Å². The maximum absolute atomic E-state index is 13.5. The first-order valence-electron chi connectivity index (χ1n) is 13.6. The summed E-state index contributed by atoms with van der Waals surface area (Å²) in [6.07, 6.45) is 6.75. The summed E-state index contributed by atoms with van der Waals surface area (Å²) in [6.45, 7) is 4.29. The zero-order valence-corrected chi connectivity index (χ0v) is 24.6. The summed E-state index contributed by atoms with van der Waals surface area (Å²) in [7, 11) is -3.63. The molecule has 2 aromatic rings. The molecule has 1 saturated carbocycles. The van der Waals surface area contributed by atoms with Crippen LogP contribution in [0.25, 0.3) is 0 Å². The molecule has 1 aliphatic carbocycles. The van der Waals surface area contributed by atoms with Gasteiger partial charge in [-0.25, -0.2) is 8.42 Å². The monoisotopic (exact) mass is 577 g/mol. The molecule has 1 N–H and O–H groups in total. The molecule has 2 aromatic carbocycles. The van der Waals surface area contributed by atoms with Crippen molar-refractivity contribution in [2.45, 2.75) is 77.4 Å². The number of halogens is 1. The highest BCUT2D eigenvalue weighted by molar-refractivity contribution is 7.92. The predicted octanol–water partition coefficient (Wildman–Crippen LogP) is 5.15. The fraction of sp³-hybridized carbons (Fsp3) is 0.517. The number of hydrogen-bond acceptors (Lipinski definition) is 5. The van der Waals surface area contributed by atoms with Gasteiger partial charge in [0.2, 0.25) is 21.8 Å². The van der Waals surface area contributed by atoms with Gasteiger partial charge in [-0.1, -0.05) is 55.1 Å². The molecule has 0 radical (unpaired) electrons. The van der Waals surface area contributed by atoms with Gasteiger partial charge in [0.25, 0.3) is 0 Å². The molecule has 0 spiro atoms. The van der Waals surface area contributed by atoms with E-state index in [1.807, 2.05) is 19.1 Å². The summed E-state index contributed by atoms with van der Waals surface area (Å²) in [4.78, 5) is 28.3. The normalized spacial score (nSPS) is 14.9.